The Morgan fingerprint density at radius 2 is 1.13 bits per heavy atom. The first kappa shape index (κ1) is 17.5. The van der Waals surface area contributed by atoms with Gasteiger partial charge in [0.1, 0.15) is 0 Å². The molecule has 0 unspecified atom stereocenters. The molecule has 0 radical (unpaired) electrons. The van der Waals surface area contributed by atoms with Crippen LogP contribution in [-0.4, -0.2) is 4.57 Å². The minimum absolute atomic E-state index is 1.07. The number of halogens is 1. The summed E-state index contributed by atoms with van der Waals surface area (Å²) in [4.78, 5) is 0. The van der Waals surface area contributed by atoms with Gasteiger partial charge in [0, 0.05) is 20.9 Å². The summed E-state index contributed by atoms with van der Waals surface area (Å²) in [5.41, 5.74) is 6.02. The van der Waals surface area contributed by atoms with Crippen LogP contribution in [0.2, 0.25) is 0 Å². The standard InChI is InChI=1S/C28H18BrN/c29-23-16-22(21-14-13-19-7-1-2-8-20(19)15-21)17-24(18-23)30-27-11-5-3-9-25(27)26-10-4-6-12-28(26)30/h1-18H. The van der Waals surface area contributed by atoms with Crippen LogP contribution >= 0.6 is 15.9 Å². The lowest BCUT2D eigenvalue weighted by molar-refractivity contribution is 1.18. The molecule has 0 atom stereocenters. The Morgan fingerprint density at radius 3 is 1.87 bits per heavy atom. The number of rotatable bonds is 2. The molecule has 30 heavy (non-hydrogen) atoms. The molecule has 142 valence electrons. The molecule has 0 amide bonds. The number of hydrogen-bond acceptors (Lipinski definition) is 0. The van der Waals surface area contributed by atoms with Crippen LogP contribution in [-0.2, 0) is 0 Å². The lowest BCUT2D eigenvalue weighted by atomic mass is 10.0. The van der Waals surface area contributed by atoms with Gasteiger partial charge in [0.05, 0.1) is 11.0 Å². The van der Waals surface area contributed by atoms with Gasteiger partial charge in [-0.25, -0.2) is 0 Å². The second kappa shape index (κ2) is 6.86. The first-order valence-electron chi connectivity index (χ1n) is 10.1. The minimum Gasteiger partial charge on any atom is -0.309 e. The summed E-state index contributed by atoms with van der Waals surface area (Å²) in [5.74, 6) is 0. The fraction of sp³-hybridized carbons (Fsp3) is 0. The summed E-state index contributed by atoms with van der Waals surface area (Å²) in [6.45, 7) is 0. The zero-order valence-electron chi connectivity index (χ0n) is 16.2. The normalized spacial score (nSPS) is 11.5. The van der Waals surface area contributed by atoms with Crippen molar-refractivity contribution in [2.45, 2.75) is 0 Å². The lowest BCUT2D eigenvalue weighted by Gasteiger charge is -2.12. The Balaban J connectivity index is 1.62. The maximum Gasteiger partial charge on any atom is 0.0541 e. The van der Waals surface area contributed by atoms with Gasteiger partial charge in [-0.15, -0.1) is 0 Å². The molecule has 1 heterocycles. The Morgan fingerprint density at radius 1 is 0.500 bits per heavy atom. The molecular formula is C28H18BrN. The predicted molar refractivity (Wildman–Crippen MR) is 131 cm³/mol. The molecule has 1 aromatic heterocycles. The van der Waals surface area contributed by atoms with Crippen LogP contribution in [0.5, 0.6) is 0 Å². The number of nitrogens with zero attached hydrogens (tertiary/aromatic N) is 1. The summed E-state index contributed by atoms with van der Waals surface area (Å²) in [6, 6.07) is 39.1. The zero-order chi connectivity index (χ0) is 20.1. The third-order valence-electron chi connectivity index (χ3n) is 5.80. The van der Waals surface area contributed by atoms with Crippen LogP contribution in [0, 0.1) is 0 Å². The maximum atomic E-state index is 3.76. The fourth-order valence-electron chi connectivity index (χ4n) is 4.44. The predicted octanol–water partition coefficient (Wildman–Crippen LogP) is 8.37. The van der Waals surface area contributed by atoms with Crippen molar-refractivity contribution in [2.24, 2.45) is 0 Å². The Kier molecular flexibility index (Phi) is 4.00. The second-order valence-corrected chi connectivity index (χ2v) is 8.55. The van der Waals surface area contributed by atoms with E-state index in [0.29, 0.717) is 0 Å². The van der Waals surface area contributed by atoms with Crippen LogP contribution in [0.4, 0.5) is 0 Å². The molecule has 0 aliphatic rings. The molecule has 0 aliphatic carbocycles. The van der Waals surface area contributed by atoms with Gasteiger partial charge in [-0.05, 0) is 58.3 Å². The first-order chi connectivity index (χ1) is 14.8. The van der Waals surface area contributed by atoms with Gasteiger partial charge >= 0.3 is 0 Å². The van der Waals surface area contributed by atoms with Gasteiger partial charge in [0.15, 0.2) is 0 Å². The Bertz CT molecular complexity index is 1500. The molecule has 0 spiro atoms. The summed E-state index contributed by atoms with van der Waals surface area (Å²) in [6.07, 6.45) is 0. The number of hydrogen-bond donors (Lipinski definition) is 0. The molecule has 6 rings (SSSR count). The topological polar surface area (TPSA) is 4.93 Å². The first-order valence-corrected chi connectivity index (χ1v) is 10.9. The summed E-state index contributed by atoms with van der Waals surface area (Å²) in [5, 5.41) is 5.08. The van der Waals surface area contributed by atoms with Crippen molar-refractivity contribution < 1.29 is 0 Å². The molecule has 6 aromatic rings. The monoisotopic (exact) mass is 447 g/mol. The SMILES string of the molecule is Brc1cc(-c2ccc3ccccc3c2)cc(-n2c3ccccc3c3ccccc32)c1. The van der Waals surface area contributed by atoms with E-state index in [2.05, 4.69) is 130 Å². The Hall–Kier alpha value is -3.36. The highest BCUT2D eigenvalue weighted by Gasteiger charge is 2.13. The number of para-hydroxylation sites is 2. The summed E-state index contributed by atoms with van der Waals surface area (Å²) < 4.78 is 3.44. The smallest absolute Gasteiger partial charge is 0.0541 e. The van der Waals surface area contributed by atoms with E-state index < -0.39 is 0 Å². The van der Waals surface area contributed by atoms with Crippen molar-refractivity contribution in [3.8, 4) is 16.8 Å². The summed E-state index contributed by atoms with van der Waals surface area (Å²) in [7, 11) is 0. The average Bonchev–Trinajstić information content (AvgIpc) is 3.13. The van der Waals surface area contributed by atoms with Crippen LogP contribution in [0.15, 0.2) is 114 Å². The third-order valence-corrected chi connectivity index (χ3v) is 6.26. The number of benzene rings is 5. The maximum absolute atomic E-state index is 3.76. The van der Waals surface area contributed by atoms with Crippen molar-refractivity contribution in [3.63, 3.8) is 0 Å². The highest BCUT2D eigenvalue weighted by Crippen LogP contribution is 2.35. The van der Waals surface area contributed by atoms with Gasteiger partial charge < -0.3 is 4.57 Å². The van der Waals surface area contributed by atoms with Gasteiger partial charge in [-0.3, -0.25) is 0 Å². The van der Waals surface area contributed by atoms with Crippen LogP contribution in [0.3, 0.4) is 0 Å². The number of aromatic nitrogens is 1. The molecule has 0 N–H and O–H groups in total. The van der Waals surface area contributed by atoms with Crippen molar-refractivity contribution in [1.82, 2.24) is 4.57 Å². The van der Waals surface area contributed by atoms with Gasteiger partial charge in [0.2, 0.25) is 0 Å². The lowest BCUT2D eigenvalue weighted by Crippen LogP contribution is -1.94. The molecule has 1 nitrogen and oxygen atoms in total. The van der Waals surface area contributed by atoms with Crippen molar-refractivity contribution >= 4 is 48.5 Å². The zero-order valence-corrected chi connectivity index (χ0v) is 17.8. The average molecular weight is 448 g/mol. The van der Waals surface area contributed by atoms with Crippen LogP contribution < -0.4 is 0 Å². The molecule has 5 aromatic carbocycles. The van der Waals surface area contributed by atoms with Gasteiger partial charge in [0.25, 0.3) is 0 Å². The van der Waals surface area contributed by atoms with Gasteiger partial charge in [-0.1, -0.05) is 88.7 Å². The molecule has 2 heteroatoms. The third kappa shape index (κ3) is 2.76. The fourth-order valence-corrected chi connectivity index (χ4v) is 4.92. The largest absolute Gasteiger partial charge is 0.309 e. The molecule has 0 saturated carbocycles. The van der Waals surface area contributed by atoms with E-state index in [9.17, 15) is 0 Å². The van der Waals surface area contributed by atoms with Gasteiger partial charge in [-0.2, -0.15) is 0 Å². The van der Waals surface area contributed by atoms with E-state index in [0.717, 1.165) is 10.2 Å². The molecule has 0 saturated heterocycles. The second-order valence-electron chi connectivity index (χ2n) is 7.63. The van der Waals surface area contributed by atoms with Crippen molar-refractivity contribution in [3.05, 3.63) is 114 Å². The van der Waals surface area contributed by atoms with Crippen molar-refractivity contribution in [2.75, 3.05) is 0 Å². The van der Waals surface area contributed by atoms with Crippen LogP contribution in [0.25, 0.3) is 49.4 Å². The van der Waals surface area contributed by atoms with E-state index >= 15 is 0 Å². The summed E-state index contributed by atoms with van der Waals surface area (Å²) >= 11 is 3.76. The van der Waals surface area contributed by atoms with E-state index in [1.165, 1.54) is 43.7 Å². The van der Waals surface area contributed by atoms with Crippen molar-refractivity contribution in [1.29, 1.82) is 0 Å². The van der Waals surface area contributed by atoms with E-state index in [-0.39, 0.29) is 0 Å². The minimum atomic E-state index is 1.07. The Labute approximate surface area is 183 Å². The highest BCUT2D eigenvalue weighted by atomic mass is 79.9. The molecular weight excluding hydrogens is 430 g/mol. The molecule has 0 fully saturated rings. The molecule has 0 aliphatic heterocycles. The van der Waals surface area contributed by atoms with E-state index in [1.54, 1.807) is 0 Å². The molecule has 0 bridgehead atoms. The van der Waals surface area contributed by atoms with E-state index in [1.807, 2.05) is 0 Å². The highest BCUT2D eigenvalue weighted by molar-refractivity contribution is 9.10. The van der Waals surface area contributed by atoms with Crippen LogP contribution in [0.1, 0.15) is 0 Å². The number of fused-ring (bicyclic) bond motifs is 4. The quantitative estimate of drug-likeness (QED) is 0.251. The van der Waals surface area contributed by atoms with E-state index in [4.69, 9.17) is 0 Å².